The summed E-state index contributed by atoms with van der Waals surface area (Å²) in [5.41, 5.74) is 4.61. The smallest absolute Gasteiger partial charge is 0.230 e. The van der Waals surface area contributed by atoms with E-state index in [1.807, 2.05) is 36.4 Å². The minimum atomic E-state index is -0.200. The average molecular weight is 475 g/mol. The number of methoxy groups -OCH3 is 2. The molecule has 7 nitrogen and oxygen atoms in total. The maximum atomic E-state index is 13.5. The number of carbonyl (C=O) groups excluding carboxylic acids is 1. The van der Waals surface area contributed by atoms with E-state index < -0.39 is 0 Å². The Morgan fingerprint density at radius 1 is 0.943 bits per heavy atom. The number of amides is 1. The third-order valence-corrected chi connectivity index (χ3v) is 8.09. The topological polar surface area (TPSA) is 84.6 Å². The summed E-state index contributed by atoms with van der Waals surface area (Å²) in [5, 5.41) is 15.4. The summed E-state index contributed by atoms with van der Waals surface area (Å²) >= 11 is 0. The molecule has 0 aromatic heterocycles. The molecule has 1 heterocycles. The van der Waals surface area contributed by atoms with E-state index in [4.69, 9.17) is 9.47 Å². The van der Waals surface area contributed by atoms with Crippen molar-refractivity contribution in [3.63, 3.8) is 0 Å². The van der Waals surface area contributed by atoms with Crippen LogP contribution >= 0.6 is 0 Å². The molecule has 35 heavy (non-hydrogen) atoms. The third-order valence-electron chi connectivity index (χ3n) is 8.09. The van der Waals surface area contributed by atoms with Gasteiger partial charge in [0.2, 0.25) is 5.91 Å². The highest BCUT2D eigenvalue weighted by Crippen LogP contribution is 2.58. The van der Waals surface area contributed by atoms with Crippen LogP contribution in [0.25, 0.3) is 11.1 Å². The van der Waals surface area contributed by atoms with Gasteiger partial charge >= 0.3 is 0 Å². The summed E-state index contributed by atoms with van der Waals surface area (Å²) < 4.78 is 10.9. The molecule has 5 rings (SSSR count). The molecule has 2 saturated carbocycles. The van der Waals surface area contributed by atoms with Gasteiger partial charge in [-0.25, -0.2) is 0 Å². The van der Waals surface area contributed by atoms with Crippen LogP contribution in [0.4, 0.5) is 5.69 Å². The zero-order valence-corrected chi connectivity index (χ0v) is 21.1. The molecule has 2 aromatic carbocycles. The molecule has 0 atom stereocenters. The van der Waals surface area contributed by atoms with Gasteiger partial charge in [0.15, 0.2) is 11.5 Å². The maximum absolute atomic E-state index is 13.5. The van der Waals surface area contributed by atoms with Crippen molar-refractivity contribution in [2.24, 2.45) is 32.2 Å². The second-order valence-corrected chi connectivity index (χ2v) is 10.8. The third kappa shape index (κ3) is 4.56. The van der Waals surface area contributed by atoms with Crippen LogP contribution in [-0.2, 0) is 4.79 Å². The van der Waals surface area contributed by atoms with Gasteiger partial charge in [0.05, 0.1) is 25.3 Å². The number of nitrogens with one attached hydrogen (secondary N) is 1. The van der Waals surface area contributed by atoms with E-state index in [9.17, 15) is 4.79 Å². The number of ether oxygens (including phenoxy) is 2. The number of carbonyl (C=O) groups is 1. The lowest BCUT2D eigenvalue weighted by Gasteiger charge is -2.37. The lowest BCUT2D eigenvalue weighted by Crippen LogP contribution is -2.35. The van der Waals surface area contributed by atoms with Crippen LogP contribution in [0.15, 0.2) is 51.8 Å². The Balaban J connectivity index is 1.41. The van der Waals surface area contributed by atoms with Gasteiger partial charge in [-0.2, -0.15) is 5.11 Å². The van der Waals surface area contributed by atoms with Crippen molar-refractivity contribution < 1.29 is 14.3 Å². The lowest BCUT2D eigenvalue weighted by molar-refractivity contribution is -0.123. The van der Waals surface area contributed by atoms with E-state index in [1.165, 1.54) is 12.8 Å². The molecule has 184 valence electrons. The Labute approximate surface area is 207 Å². The first-order valence-corrected chi connectivity index (χ1v) is 12.5. The van der Waals surface area contributed by atoms with E-state index in [2.05, 4.69) is 34.6 Å². The van der Waals surface area contributed by atoms with E-state index in [0.717, 1.165) is 53.8 Å². The van der Waals surface area contributed by atoms with Crippen molar-refractivity contribution in [1.82, 2.24) is 0 Å². The lowest BCUT2D eigenvalue weighted by atomic mass is 9.68. The van der Waals surface area contributed by atoms with Gasteiger partial charge in [0, 0.05) is 11.3 Å². The second-order valence-electron chi connectivity index (χ2n) is 10.8. The van der Waals surface area contributed by atoms with Gasteiger partial charge in [-0.15, -0.1) is 5.10 Å². The predicted octanol–water partition coefficient (Wildman–Crippen LogP) is 6.48. The number of hydrogen-bond acceptors (Lipinski definition) is 6. The van der Waals surface area contributed by atoms with Crippen LogP contribution in [0, 0.1) is 16.7 Å². The first-order valence-electron chi connectivity index (χ1n) is 12.5. The minimum absolute atomic E-state index is 0.162. The summed E-state index contributed by atoms with van der Waals surface area (Å²) in [6.07, 6.45) is 6.66. The van der Waals surface area contributed by atoms with Crippen molar-refractivity contribution in [2.45, 2.75) is 52.4 Å². The largest absolute Gasteiger partial charge is 0.493 e. The van der Waals surface area contributed by atoms with Crippen molar-refractivity contribution >= 4 is 17.3 Å². The Morgan fingerprint density at radius 3 is 2.31 bits per heavy atom. The van der Waals surface area contributed by atoms with E-state index in [-0.39, 0.29) is 11.3 Å². The fourth-order valence-corrected chi connectivity index (χ4v) is 5.63. The van der Waals surface area contributed by atoms with Gasteiger partial charge in [0.1, 0.15) is 6.54 Å². The zero-order chi connectivity index (χ0) is 24.6. The molecule has 0 spiro atoms. The van der Waals surface area contributed by atoms with Gasteiger partial charge in [0.25, 0.3) is 0 Å². The molecule has 1 N–H and O–H groups in total. The van der Waals surface area contributed by atoms with Crippen molar-refractivity contribution in [3.05, 3.63) is 42.0 Å². The average Bonchev–Trinajstić information content (AvgIpc) is 3.49. The van der Waals surface area contributed by atoms with Gasteiger partial charge in [-0.3, -0.25) is 4.79 Å². The fourth-order valence-electron chi connectivity index (χ4n) is 5.63. The number of nitrogens with zero attached hydrogens (tertiary/aromatic N) is 3. The molecular weight excluding hydrogens is 440 g/mol. The standard InChI is InChI=1S/C28H34N4O3/c1-27(2)11-9-19(10-12-27)28(13-14-28)26(33)30-20-6-7-21(22(16-20)23-17-29-32-31-23)18-5-8-24(34-3)25(15-18)35-4/h5-8,15-16,19H,9-14,17H2,1-4H3,(H,30,33). The molecule has 1 amide bonds. The normalized spacial score (nSPS) is 20.3. The predicted molar refractivity (Wildman–Crippen MR) is 137 cm³/mol. The molecule has 3 aliphatic rings. The van der Waals surface area contributed by atoms with Gasteiger partial charge in [-0.05, 0) is 90.5 Å². The Hall–Kier alpha value is -3.22. The molecule has 0 bridgehead atoms. The molecule has 7 heteroatoms. The second kappa shape index (κ2) is 9.10. The van der Waals surface area contributed by atoms with E-state index >= 15 is 0 Å². The molecule has 2 aromatic rings. The first-order chi connectivity index (χ1) is 16.8. The highest BCUT2D eigenvalue weighted by Gasteiger charge is 2.56. The van der Waals surface area contributed by atoms with Crippen LogP contribution in [0.2, 0.25) is 0 Å². The summed E-state index contributed by atoms with van der Waals surface area (Å²) in [7, 11) is 3.25. The monoisotopic (exact) mass is 474 g/mol. The first kappa shape index (κ1) is 23.5. The number of anilines is 1. The number of rotatable bonds is 7. The Bertz CT molecular complexity index is 1190. The number of hydrogen-bond donors (Lipinski definition) is 1. The van der Waals surface area contributed by atoms with Crippen LogP contribution < -0.4 is 14.8 Å². The molecule has 0 saturated heterocycles. The zero-order valence-electron chi connectivity index (χ0n) is 21.1. The fraction of sp³-hybridized carbons (Fsp3) is 0.500. The van der Waals surface area contributed by atoms with Crippen molar-refractivity contribution in [2.75, 3.05) is 26.1 Å². The molecule has 0 unspecified atom stereocenters. The summed E-state index contributed by atoms with van der Waals surface area (Å²) in [5.74, 6) is 1.97. The SMILES string of the molecule is COc1ccc(-c2ccc(NC(=O)C3(C4CCC(C)(C)CC4)CC3)cc2C2=NN=NC2)cc1OC. The highest BCUT2D eigenvalue weighted by atomic mass is 16.5. The van der Waals surface area contributed by atoms with Gasteiger partial charge in [-0.1, -0.05) is 26.0 Å². The van der Waals surface area contributed by atoms with Crippen LogP contribution in [0.5, 0.6) is 11.5 Å². The van der Waals surface area contributed by atoms with Gasteiger partial charge < -0.3 is 14.8 Å². The quantitative estimate of drug-likeness (QED) is 0.499. The van der Waals surface area contributed by atoms with Crippen LogP contribution in [0.3, 0.4) is 0 Å². The van der Waals surface area contributed by atoms with Crippen molar-refractivity contribution in [1.29, 1.82) is 0 Å². The van der Waals surface area contributed by atoms with Crippen molar-refractivity contribution in [3.8, 4) is 22.6 Å². The number of benzene rings is 2. The van der Waals surface area contributed by atoms with Crippen LogP contribution in [0.1, 0.15) is 57.9 Å². The van der Waals surface area contributed by atoms with E-state index in [0.29, 0.717) is 29.4 Å². The minimum Gasteiger partial charge on any atom is -0.493 e. The Morgan fingerprint density at radius 2 is 1.69 bits per heavy atom. The maximum Gasteiger partial charge on any atom is 0.230 e. The molecule has 2 aliphatic carbocycles. The summed E-state index contributed by atoms with van der Waals surface area (Å²) in [6, 6.07) is 11.8. The summed E-state index contributed by atoms with van der Waals surface area (Å²) in [4.78, 5) is 13.5. The molecular formula is C28H34N4O3. The highest BCUT2D eigenvalue weighted by molar-refractivity contribution is 6.09. The molecule has 2 fully saturated rings. The molecule has 1 aliphatic heterocycles. The van der Waals surface area contributed by atoms with E-state index in [1.54, 1.807) is 14.2 Å². The molecule has 0 radical (unpaired) electrons. The Kier molecular flexibility index (Phi) is 6.11. The van der Waals surface area contributed by atoms with Crippen LogP contribution in [-0.4, -0.2) is 32.4 Å². The summed E-state index contributed by atoms with van der Waals surface area (Å²) in [6.45, 7) is 5.10.